The standard InChI is InChI=1S/C8H6O6S/c9-7(10)4-1-2-6(15(13)14)5(3-4)8(11)12/h1-3H,(H,9,10)(H,11,12)(H,13,14)/p-1. The van der Waals surface area contributed by atoms with Crippen LogP contribution < -0.4 is 0 Å². The Morgan fingerprint density at radius 1 is 1.20 bits per heavy atom. The van der Waals surface area contributed by atoms with Crippen molar-refractivity contribution in [3.63, 3.8) is 0 Å². The van der Waals surface area contributed by atoms with E-state index in [4.69, 9.17) is 10.2 Å². The first-order valence-corrected chi connectivity index (χ1v) is 4.71. The van der Waals surface area contributed by atoms with E-state index in [1.165, 1.54) is 0 Å². The molecular weight excluding hydrogens is 224 g/mol. The van der Waals surface area contributed by atoms with Crippen LogP contribution >= 0.6 is 0 Å². The first-order chi connectivity index (χ1) is 6.93. The van der Waals surface area contributed by atoms with Crippen LogP contribution in [-0.4, -0.2) is 30.9 Å². The van der Waals surface area contributed by atoms with Crippen LogP contribution in [0.1, 0.15) is 20.7 Å². The van der Waals surface area contributed by atoms with Crippen LogP contribution in [0.2, 0.25) is 0 Å². The molecule has 1 aromatic carbocycles. The molecule has 0 spiro atoms. The van der Waals surface area contributed by atoms with Gasteiger partial charge in [-0.1, -0.05) is 0 Å². The van der Waals surface area contributed by atoms with Gasteiger partial charge in [-0.3, -0.25) is 4.21 Å². The first-order valence-electron chi connectivity index (χ1n) is 3.63. The summed E-state index contributed by atoms with van der Waals surface area (Å²) in [5, 5.41) is 17.2. The molecule has 1 atom stereocenters. The van der Waals surface area contributed by atoms with Gasteiger partial charge in [-0.05, 0) is 29.3 Å². The van der Waals surface area contributed by atoms with Crippen molar-refractivity contribution < 1.29 is 28.6 Å². The molecule has 0 heterocycles. The molecule has 80 valence electrons. The van der Waals surface area contributed by atoms with E-state index >= 15 is 0 Å². The molecule has 0 saturated heterocycles. The fourth-order valence-corrected chi connectivity index (χ4v) is 1.48. The second-order valence-corrected chi connectivity index (χ2v) is 3.47. The summed E-state index contributed by atoms with van der Waals surface area (Å²) in [7, 11) is 0. The SMILES string of the molecule is O=C(O)c1ccc(S(=O)[O-])c(C(=O)O)c1. The lowest BCUT2D eigenvalue weighted by Gasteiger charge is -2.09. The number of carboxylic acids is 2. The Bertz CT molecular complexity index is 452. The van der Waals surface area contributed by atoms with Gasteiger partial charge >= 0.3 is 11.9 Å². The Morgan fingerprint density at radius 2 is 1.80 bits per heavy atom. The van der Waals surface area contributed by atoms with Gasteiger partial charge in [0.2, 0.25) is 0 Å². The van der Waals surface area contributed by atoms with Crippen molar-refractivity contribution in [3.05, 3.63) is 29.3 Å². The summed E-state index contributed by atoms with van der Waals surface area (Å²) in [4.78, 5) is 20.7. The molecule has 7 heteroatoms. The van der Waals surface area contributed by atoms with Crippen LogP contribution in [0.3, 0.4) is 0 Å². The van der Waals surface area contributed by atoms with E-state index in [0.29, 0.717) is 0 Å². The molecule has 0 bridgehead atoms. The first kappa shape index (κ1) is 11.3. The minimum atomic E-state index is -2.71. The van der Waals surface area contributed by atoms with Gasteiger partial charge < -0.3 is 14.8 Å². The van der Waals surface area contributed by atoms with E-state index in [-0.39, 0.29) is 5.56 Å². The zero-order valence-corrected chi connectivity index (χ0v) is 7.98. The highest BCUT2D eigenvalue weighted by atomic mass is 32.2. The fourth-order valence-electron chi connectivity index (χ4n) is 0.975. The average molecular weight is 229 g/mol. The van der Waals surface area contributed by atoms with Crippen LogP contribution in [0.15, 0.2) is 23.1 Å². The normalized spacial score (nSPS) is 12.1. The van der Waals surface area contributed by atoms with E-state index in [0.717, 1.165) is 18.2 Å². The molecule has 15 heavy (non-hydrogen) atoms. The topological polar surface area (TPSA) is 115 Å². The summed E-state index contributed by atoms with van der Waals surface area (Å²) < 4.78 is 21.2. The van der Waals surface area contributed by atoms with E-state index in [9.17, 15) is 18.4 Å². The molecule has 0 radical (unpaired) electrons. The van der Waals surface area contributed by atoms with Gasteiger partial charge in [0.05, 0.1) is 11.1 Å². The molecule has 0 aliphatic heterocycles. The number of benzene rings is 1. The van der Waals surface area contributed by atoms with Gasteiger partial charge in [0.15, 0.2) is 0 Å². The second-order valence-electron chi connectivity index (χ2n) is 2.56. The number of aromatic carboxylic acids is 2. The van der Waals surface area contributed by atoms with Crippen LogP contribution in [0.25, 0.3) is 0 Å². The van der Waals surface area contributed by atoms with Crippen molar-refractivity contribution >= 4 is 23.0 Å². The Kier molecular flexibility index (Phi) is 3.17. The number of hydrogen-bond donors (Lipinski definition) is 2. The van der Waals surface area contributed by atoms with Crippen LogP contribution in [0.5, 0.6) is 0 Å². The number of hydrogen-bond acceptors (Lipinski definition) is 4. The molecule has 1 unspecified atom stereocenters. The van der Waals surface area contributed by atoms with Gasteiger partial charge in [-0.15, -0.1) is 0 Å². The van der Waals surface area contributed by atoms with E-state index in [1.807, 2.05) is 0 Å². The highest BCUT2D eigenvalue weighted by molar-refractivity contribution is 7.79. The summed E-state index contributed by atoms with van der Waals surface area (Å²) >= 11 is -2.71. The van der Waals surface area contributed by atoms with Gasteiger partial charge in [-0.25, -0.2) is 9.59 Å². The maximum absolute atomic E-state index is 10.6. The van der Waals surface area contributed by atoms with E-state index in [2.05, 4.69) is 0 Å². The maximum atomic E-state index is 10.6. The Labute approximate surface area is 86.5 Å². The number of carbonyl (C=O) groups is 2. The fraction of sp³-hybridized carbons (Fsp3) is 0. The van der Waals surface area contributed by atoms with Gasteiger partial charge in [0.25, 0.3) is 0 Å². The van der Waals surface area contributed by atoms with Crippen LogP contribution in [-0.2, 0) is 11.1 Å². The lowest BCUT2D eigenvalue weighted by molar-refractivity contribution is 0.0692. The second kappa shape index (κ2) is 4.20. The minimum absolute atomic E-state index is 0.276. The quantitative estimate of drug-likeness (QED) is 0.721. The summed E-state index contributed by atoms with van der Waals surface area (Å²) in [5.41, 5.74) is -0.829. The Hall–Kier alpha value is -1.73. The Balaban J connectivity index is 3.40. The molecule has 6 nitrogen and oxygen atoms in total. The van der Waals surface area contributed by atoms with Crippen LogP contribution in [0, 0.1) is 0 Å². The molecule has 0 fully saturated rings. The summed E-state index contributed by atoms with van der Waals surface area (Å²) in [6.45, 7) is 0. The largest absolute Gasteiger partial charge is 0.768 e. The molecule has 0 saturated carbocycles. The zero-order valence-electron chi connectivity index (χ0n) is 7.17. The molecule has 0 aliphatic rings. The zero-order chi connectivity index (χ0) is 11.6. The lowest BCUT2D eigenvalue weighted by Crippen LogP contribution is -2.07. The lowest BCUT2D eigenvalue weighted by atomic mass is 10.1. The van der Waals surface area contributed by atoms with E-state index in [1.54, 1.807) is 0 Å². The predicted molar refractivity (Wildman–Crippen MR) is 47.5 cm³/mol. The van der Waals surface area contributed by atoms with Crippen molar-refractivity contribution in [2.24, 2.45) is 0 Å². The highest BCUT2D eigenvalue weighted by Gasteiger charge is 2.14. The molecular formula is C8H5O6S-. The number of carboxylic acid groups (broad SMARTS) is 2. The summed E-state index contributed by atoms with van der Waals surface area (Å²) in [5.74, 6) is -2.81. The van der Waals surface area contributed by atoms with Crippen molar-refractivity contribution in [1.82, 2.24) is 0 Å². The molecule has 1 aromatic rings. The highest BCUT2D eigenvalue weighted by Crippen LogP contribution is 2.15. The van der Waals surface area contributed by atoms with Gasteiger partial charge in [-0.2, -0.15) is 0 Å². The Morgan fingerprint density at radius 3 is 2.20 bits per heavy atom. The molecule has 2 N–H and O–H groups in total. The summed E-state index contributed by atoms with van der Waals surface area (Å²) in [6.07, 6.45) is 0. The van der Waals surface area contributed by atoms with Crippen molar-refractivity contribution in [2.75, 3.05) is 0 Å². The van der Waals surface area contributed by atoms with Crippen molar-refractivity contribution in [2.45, 2.75) is 4.90 Å². The van der Waals surface area contributed by atoms with Gasteiger partial charge in [0.1, 0.15) is 0 Å². The van der Waals surface area contributed by atoms with Crippen molar-refractivity contribution in [3.8, 4) is 0 Å². The average Bonchev–Trinajstić information content (AvgIpc) is 2.16. The molecule has 1 rings (SSSR count). The van der Waals surface area contributed by atoms with Gasteiger partial charge in [0, 0.05) is 4.90 Å². The van der Waals surface area contributed by atoms with Crippen molar-refractivity contribution in [1.29, 1.82) is 0 Å². The van der Waals surface area contributed by atoms with Crippen LogP contribution in [0.4, 0.5) is 0 Å². The minimum Gasteiger partial charge on any atom is -0.768 e. The molecule has 0 amide bonds. The predicted octanol–water partition coefficient (Wildman–Crippen LogP) is 0.321. The summed E-state index contributed by atoms with van der Waals surface area (Å²) in [6, 6.07) is 2.77. The third-order valence-corrected chi connectivity index (χ3v) is 2.35. The van der Waals surface area contributed by atoms with E-state index < -0.39 is 33.5 Å². The smallest absolute Gasteiger partial charge is 0.336 e. The number of rotatable bonds is 3. The third kappa shape index (κ3) is 2.39. The third-order valence-electron chi connectivity index (χ3n) is 1.64. The monoisotopic (exact) mass is 229 g/mol. The molecule has 0 aromatic heterocycles. The molecule has 0 aliphatic carbocycles. The maximum Gasteiger partial charge on any atom is 0.336 e.